The van der Waals surface area contributed by atoms with E-state index in [0.29, 0.717) is 6.07 Å². The van der Waals surface area contributed by atoms with Gasteiger partial charge in [0, 0.05) is 6.54 Å². The van der Waals surface area contributed by atoms with Gasteiger partial charge in [-0.25, -0.2) is 4.39 Å². The van der Waals surface area contributed by atoms with Crippen molar-refractivity contribution >= 4 is 5.91 Å². The summed E-state index contributed by atoms with van der Waals surface area (Å²) in [5.41, 5.74) is -2.09. The molecule has 1 unspecified atom stereocenters. The molecule has 0 heterocycles. The van der Waals surface area contributed by atoms with Crippen LogP contribution in [0, 0.1) is 17.2 Å². The topological polar surface area (TPSA) is 29.1 Å². The summed E-state index contributed by atoms with van der Waals surface area (Å²) >= 11 is 0. The van der Waals surface area contributed by atoms with Gasteiger partial charge in [-0.2, -0.15) is 13.2 Å². The number of halogens is 4. The number of alkyl halides is 3. The lowest BCUT2D eigenvalue weighted by Crippen LogP contribution is -2.34. The number of hydrogen-bond acceptors (Lipinski definition) is 1. The number of nitrogens with one attached hydrogen (secondary N) is 1. The van der Waals surface area contributed by atoms with Gasteiger partial charge in [0.1, 0.15) is 5.82 Å². The molecule has 0 spiro atoms. The number of benzene rings is 1. The average molecular weight is 305 g/mol. The van der Waals surface area contributed by atoms with E-state index in [4.69, 9.17) is 0 Å². The Morgan fingerprint density at radius 1 is 1.24 bits per heavy atom. The van der Waals surface area contributed by atoms with Gasteiger partial charge in [0.25, 0.3) is 5.91 Å². The van der Waals surface area contributed by atoms with Crippen LogP contribution in [-0.4, -0.2) is 12.5 Å². The molecule has 2 nitrogen and oxygen atoms in total. The van der Waals surface area contributed by atoms with Crippen LogP contribution in [0.5, 0.6) is 0 Å². The predicted molar refractivity (Wildman–Crippen MR) is 72.4 cm³/mol. The zero-order valence-electron chi connectivity index (χ0n) is 12.4. The van der Waals surface area contributed by atoms with E-state index in [-0.39, 0.29) is 17.9 Å². The first kappa shape index (κ1) is 17.5. The quantitative estimate of drug-likeness (QED) is 0.831. The van der Waals surface area contributed by atoms with Crippen molar-refractivity contribution in [1.82, 2.24) is 5.32 Å². The van der Waals surface area contributed by atoms with Gasteiger partial charge in [-0.3, -0.25) is 4.79 Å². The molecular weight excluding hydrogens is 286 g/mol. The molecule has 0 aliphatic heterocycles. The van der Waals surface area contributed by atoms with Crippen LogP contribution in [-0.2, 0) is 6.18 Å². The van der Waals surface area contributed by atoms with Gasteiger partial charge in [0.2, 0.25) is 0 Å². The third-order valence-corrected chi connectivity index (χ3v) is 3.60. The maximum absolute atomic E-state index is 13.8. The van der Waals surface area contributed by atoms with Gasteiger partial charge in [-0.05, 0) is 23.5 Å². The lowest BCUT2D eigenvalue weighted by atomic mass is 9.82. The molecule has 1 aromatic rings. The summed E-state index contributed by atoms with van der Waals surface area (Å²) in [6.45, 7) is 8.11. The van der Waals surface area contributed by atoms with Gasteiger partial charge in [-0.1, -0.05) is 33.8 Å². The molecule has 0 saturated heterocycles. The molecule has 0 aromatic heterocycles. The largest absolute Gasteiger partial charge is 0.419 e. The molecule has 1 aromatic carbocycles. The lowest BCUT2D eigenvalue weighted by Gasteiger charge is -2.27. The van der Waals surface area contributed by atoms with Crippen LogP contribution in [0.3, 0.4) is 0 Å². The molecule has 1 rings (SSSR count). The average Bonchev–Trinajstić information content (AvgIpc) is 2.33. The second-order valence-electron chi connectivity index (χ2n) is 6.14. The summed E-state index contributed by atoms with van der Waals surface area (Å²) in [5.74, 6) is -2.28. The Morgan fingerprint density at radius 2 is 1.81 bits per heavy atom. The van der Waals surface area contributed by atoms with Crippen molar-refractivity contribution in [3.63, 3.8) is 0 Å². The standard InChI is InChI=1S/C15H19F4NO/c1-9(14(2,3)4)8-20-13(21)10-6-5-7-11(12(10)16)15(17,18)19/h5-7,9H,8H2,1-4H3,(H,20,21). The number of rotatable bonds is 3. The highest BCUT2D eigenvalue weighted by atomic mass is 19.4. The number of carbonyl (C=O) groups excluding carboxylic acids is 1. The fraction of sp³-hybridized carbons (Fsp3) is 0.533. The van der Waals surface area contributed by atoms with E-state index in [2.05, 4.69) is 5.32 Å². The third kappa shape index (κ3) is 4.44. The van der Waals surface area contributed by atoms with Crippen LogP contribution in [0.15, 0.2) is 18.2 Å². The highest BCUT2D eigenvalue weighted by Gasteiger charge is 2.35. The van der Waals surface area contributed by atoms with Gasteiger partial charge >= 0.3 is 6.18 Å². The first-order chi connectivity index (χ1) is 9.44. The van der Waals surface area contributed by atoms with E-state index in [1.807, 2.05) is 27.7 Å². The Hall–Kier alpha value is -1.59. The fourth-order valence-corrected chi connectivity index (χ4v) is 1.57. The van der Waals surface area contributed by atoms with E-state index in [1.54, 1.807) is 0 Å². The van der Waals surface area contributed by atoms with Crippen molar-refractivity contribution in [2.75, 3.05) is 6.54 Å². The summed E-state index contributed by atoms with van der Waals surface area (Å²) in [4.78, 5) is 11.9. The molecule has 1 N–H and O–H groups in total. The van der Waals surface area contributed by atoms with Crippen molar-refractivity contribution in [2.24, 2.45) is 11.3 Å². The Balaban J connectivity index is 2.90. The molecule has 0 bridgehead atoms. The van der Waals surface area contributed by atoms with E-state index < -0.39 is 29.0 Å². The molecular formula is C15H19F4NO. The lowest BCUT2D eigenvalue weighted by molar-refractivity contribution is -0.140. The van der Waals surface area contributed by atoms with Gasteiger partial charge in [-0.15, -0.1) is 0 Å². The first-order valence-corrected chi connectivity index (χ1v) is 6.58. The smallest absolute Gasteiger partial charge is 0.352 e. The van der Waals surface area contributed by atoms with Crippen LogP contribution in [0.4, 0.5) is 17.6 Å². The van der Waals surface area contributed by atoms with E-state index in [9.17, 15) is 22.4 Å². The number of hydrogen-bond donors (Lipinski definition) is 1. The van der Waals surface area contributed by atoms with Gasteiger partial charge in [0.05, 0.1) is 11.1 Å². The van der Waals surface area contributed by atoms with Crippen LogP contribution >= 0.6 is 0 Å². The minimum absolute atomic E-state index is 0.0698. The second-order valence-corrected chi connectivity index (χ2v) is 6.14. The summed E-state index contributed by atoms with van der Waals surface area (Å²) in [7, 11) is 0. The van der Waals surface area contributed by atoms with Crippen molar-refractivity contribution in [3.8, 4) is 0 Å². The van der Waals surface area contributed by atoms with Crippen molar-refractivity contribution < 1.29 is 22.4 Å². The third-order valence-electron chi connectivity index (χ3n) is 3.60. The molecule has 0 aliphatic rings. The minimum atomic E-state index is -4.82. The highest BCUT2D eigenvalue weighted by Crippen LogP contribution is 2.32. The summed E-state index contributed by atoms with van der Waals surface area (Å²) in [6.07, 6.45) is -4.82. The molecule has 1 amide bonds. The van der Waals surface area contributed by atoms with E-state index in [0.717, 1.165) is 12.1 Å². The molecule has 6 heteroatoms. The maximum Gasteiger partial charge on any atom is 0.419 e. The zero-order valence-corrected chi connectivity index (χ0v) is 12.4. The van der Waals surface area contributed by atoms with Crippen LogP contribution < -0.4 is 5.32 Å². The Morgan fingerprint density at radius 3 is 2.29 bits per heavy atom. The molecule has 1 atom stereocenters. The molecule has 118 valence electrons. The summed E-state index contributed by atoms with van der Waals surface area (Å²) in [6, 6.07) is 2.68. The number of amides is 1. The molecule has 0 saturated carbocycles. The minimum Gasteiger partial charge on any atom is -0.352 e. The monoisotopic (exact) mass is 305 g/mol. The van der Waals surface area contributed by atoms with E-state index >= 15 is 0 Å². The molecule has 0 fully saturated rings. The highest BCUT2D eigenvalue weighted by molar-refractivity contribution is 5.94. The Kier molecular flexibility index (Phi) is 5.02. The van der Waals surface area contributed by atoms with Crippen molar-refractivity contribution in [3.05, 3.63) is 35.1 Å². The summed E-state index contributed by atoms with van der Waals surface area (Å²) < 4.78 is 51.6. The summed E-state index contributed by atoms with van der Waals surface area (Å²) in [5, 5.41) is 2.48. The van der Waals surface area contributed by atoms with Crippen LogP contribution in [0.2, 0.25) is 0 Å². The predicted octanol–water partition coefficient (Wildman–Crippen LogP) is 4.26. The molecule has 0 aliphatic carbocycles. The van der Waals surface area contributed by atoms with Gasteiger partial charge < -0.3 is 5.32 Å². The molecule has 21 heavy (non-hydrogen) atoms. The fourth-order valence-electron chi connectivity index (χ4n) is 1.57. The molecule has 0 radical (unpaired) electrons. The van der Waals surface area contributed by atoms with Gasteiger partial charge in [0.15, 0.2) is 0 Å². The Labute approximate surface area is 121 Å². The van der Waals surface area contributed by atoms with Crippen molar-refractivity contribution in [2.45, 2.75) is 33.9 Å². The zero-order chi connectivity index (χ0) is 16.4. The second kappa shape index (κ2) is 6.03. The normalized spacial score (nSPS) is 13.9. The maximum atomic E-state index is 13.8. The SMILES string of the molecule is CC(CNC(=O)c1cccc(C(F)(F)F)c1F)C(C)(C)C. The van der Waals surface area contributed by atoms with E-state index in [1.165, 1.54) is 0 Å². The first-order valence-electron chi connectivity index (χ1n) is 6.58. The number of carbonyl (C=O) groups is 1. The van der Waals surface area contributed by atoms with Crippen LogP contribution in [0.25, 0.3) is 0 Å². The van der Waals surface area contributed by atoms with Crippen molar-refractivity contribution in [1.29, 1.82) is 0 Å². The van der Waals surface area contributed by atoms with Crippen LogP contribution in [0.1, 0.15) is 43.6 Å². The Bertz CT molecular complexity index is 517.